The van der Waals surface area contributed by atoms with Gasteiger partial charge in [-0.3, -0.25) is 10.1 Å². The maximum atomic E-state index is 10.6. The number of nitrogens with one attached hydrogen (secondary N) is 1. The summed E-state index contributed by atoms with van der Waals surface area (Å²) in [5.74, 6) is 0. The van der Waals surface area contributed by atoms with Gasteiger partial charge in [-0.15, -0.1) is 11.3 Å². The van der Waals surface area contributed by atoms with Gasteiger partial charge in [0.15, 0.2) is 0 Å². The Balaban J connectivity index is 2.20. The number of halogens is 1. The minimum atomic E-state index is -0.456. The van der Waals surface area contributed by atoms with Gasteiger partial charge in [0.1, 0.15) is 0 Å². The Labute approximate surface area is 120 Å². The number of benzene rings is 1. The molecule has 1 heterocycles. The van der Waals surface area contributed by atoms with Crippen molar-refractivity contribution in [2.75, 3.05) is 5.32 Å². The average molecular weight is 297 g/mol. The molecular weight excluding hydrogens is 284 g/mol. The highest BCUT2D eigenvalue weighted by molar-refractivity contribution is 7.10. The fraction of sp³-hybridized carbons (Fsp3) is 0.231. The lowest BCUT2D eigenvalue weighted by Crippen LogP contribution is -2.06. The number of nitro benzene ring substituents is 1. The summed E-state index contributed by atoms with van der Waals surface area (Å²) >= 11 is 7.73. The highest BCUT2D eigenvalue weighted by Gasteiger charge is 2.13. The molecule has 1 atom stereocenters. The molecule has 0 fully saturated rings. The fourth-order valence-electron chi connectivity index (χ4n) is 1.86. The lowest BCUT2D eigenvalue weighted by atomic mass is 10.2. The number of anilines is 1. The van der Waals surface area contributed by atoms with Gasteiger partial charge in [0, 0.05) is 17.0 Å². The monoisotopic (exact) mass is 296 g/mol. The quantitative estimate of drug-likeness (QED) is 0.652. The predicted molar refractivity (Wildman–Crippen MR) is 79.2 cm³/mol. The van der Waals surface area contributed by atoms with Crippen LogP contribution in [0.1, 0.15) is 23.4 Å². The molecule has 6 heteroatoms. The zero-order valence-corrected chi connectivity index (χ0v) is 12.1. The Bertz CT molecular complexity index is 612. The molecule has 0 aliphatic carbocycles. The summed E-state index contributed by atoms with van der Waals surface area (Å²) in [6.45, 7) is 4.10. The van der Waals surface area contributed by atoms with Crippen LogP contribution in [0.15, 0.2) is 29.6 Å². The minimum Gasteiger partial charge on any atom is -0.376 e. The first-order chi connectivity index (χ1) is 8.99. The van der Waals surface area contributed by atoms with Crippen LogP contribution in [0.3, 0.4) is 0 Å². The van der Waals surface area contributed by atoms with Gasteiger partial charge in [-0.25, -0.2) is 0 Å². The fourth-order valence-corrected chi connectivity index (χ4v) is 3.03. The molecule has 0 saturated carbocycles. The molecule has 0 spiro atoms. The van der Waals surface area contributed by atoms with Crippen molar-refractivity contribution < 1.29 is 4.92 Å². The van der Waals surface area contributed by atoms with Crippen molar-refractivity contribution in [1.82, 2.24) is 0 Å². The molecule has 0 bridgehead atoms. The first-order valence-electron chi connectivity index (χ1n) is 5.73. The lowest BCUT2D eigenvalue weighted by Gasteiger charge is -2.16. The summed E-state index contributed by atoms with van der Waals surface area (Å²) in [6, 6.07) is 6.62. The highest BCUT2D eigenvalue weighted by Crippen LogP contribution is 2.32. The van der Waals surface area contributed by atoms with Gasteiger partial charge in [0.2, 0.25) is 0 Å². The van der Waals surface area contributed by atoms with Crippen LogP contribution in [0.2, 0.25) is 5.02 Å². The maximum Gasteiger partial charge on any atom is 0.271 e. The van der Waals surface area contributed by atoms with E-state index >= 15 is 0 Å². The number of rotatable bonds is 4. The smallest absolute Gasteiger partial charge is 0.271 e. The van der Waals surface area contributed by atoms with Crippen LogP contribution < -0.4 is 5.32 Å². The van der Waals surface area contributed by atoms with E-state index in [1.165, 1.54) is 22.6 Å². The van der Waals surface area contributed by atoms with Gasteiger partial charge in [0.25, 0.3) is 5.69 Å². The number of thiophene rings is 1. The number of nitro groups is 1. The standard InChI is InChI=1S/C13H13ClN2O2S/c1-8-5-6-19-13(8)9(2)15-12-4-3-10(16(17)18)7-11(12)14/h3-7,9,15H,1-2H3. The maximum absolute atomic E-state index is 10.6. The van der Waals surface area contributed by atoms with E-state index < -0.39 is 4.92 Å². The van der Waals surface area contributed by atoms with Gasteiger partial charge in [-0.05, 0) is 36.9 Å². The molecule has 0 amide bonds. The molecular formula is C13H13ClN2O2S. The topological polar surface area (TPSA) is 55.2 Å². The second-order valence-electron chi connectivity index (χ2n) is 4.26. The van der Waals surface area contributed by atoms with E-state index in [-0.39, 0.29) is 11.7 Å². The van der Waals surface area contributed by atoms with Crippen LogP contribution in [0, 0.1) is 17.0 Å². The number of aryl methyl sites for hydroxylation is 1. The first-order valence-corrected chi connectivity index (χ1v) is 6.99. The molecule has 100 valence electrons. The van der Waals surface area contributed by atoms with Crippen molar-refractivity contribution in [1.29, 1.82) is 0 Å². The molecule has 1 aromatic carbocycles. The molecule has 2 rings (SSSR count). The summed E-state index contributed by atoms with van der Waals surface area (Å²) < 4.78 is 0. The third kappa shape index (κ3) is 3.05. The summed E-state index contributed by atoms with van der Waals surface area (Å²) in [6.07, 6.45) is 0. The second-order valence-corrected chi connectivity index (χ2v) is 5.61. The SMILES string of the molecule is Cc1ccsc1C(C)Nc1ccc([N+](=O)[O-])cc1Cl. The number of hydrogen-bond acceptors (Lipinski definition) is 4. The normalized spacial score (nSPS) is 12.2. The van der Waals surface area contributed by atoms with Crippen LogP contribution in [0.4, 0.5) is 11.4 Å². The predicted octanol–water partition coefficient (Wildman–Crippen LogP) is 4.79. The molecule has 0 aliphatic heterocycles. The van der Waals surface area contributed by atoms with Crippen molar-refractivity contribution in [2.45, 2.75) is 19.9 Å². The van der Waals surface area contributed by atoms with E-state index in [2.05, 4.69) is 18.3 Å². The summed E-state index contributed by atoms with van der Waals surface area (Å²) in [4.78, 5) is 11.4. The van der Waals surface area contributed by atoms with Gasteiger partial charge in [0.05, 0.1) is 21.7 Å². The van der Waals surface area contributed by atoms with Crippen LogP contribution in [0.25, 0.3) is 0 Å². The third-order valence-corrected chi connectivity index (χ3v) is 4.34. The lowest BCUT2D eigenvalue weighted by molar-refractivity contribution is -0.384. The van der Waals surface area contributed by atoms with Crippen molar-refractivity contribution in [3.05, 3.63) is 55.2 Å². The van der Waals surface area contributed by atoms with E-state index in [0.29, 0.717) is 10.7 Å². The molecule has 0 saturated heterocycles. The molecule has 0 radical (unpaired) electrons. The number of non-ortho nitro benzene ring substituents is 1. The molecule has 4 nitrogen and oxygen atoms in total. The summed E-state index contributed by atoms with van der Waals surface area (Å²) in [5.41, 5.74) is 1.92. The zero-order valence-electron chi connectivity index (χ0n) is 10.5. The van der Waals surface area contributed by atoms with Crippen molar-refractivity contribution in [3.63, 3.8) is 0 Å². The molecule has 19 heavy (non-hydrogen) atoms. The van der Waals surface area contributed by atoms with Crippen LogP contribution in [-0.2, 0) is 0 Å². The Morgan fingerprint density at radius 2 is 2.16 bits per heavy atom. The van der Waals surface area contributed by atoms with Crippen LogP contribution >= 0.6 is 22.9 Å². The van der Waals surface area contributed by atoms with Crippen molar-refractivity contribution in [3.8, 4) is 0 Å². The zero-order chi connectivity index (χ0) is 14.0. The van der Waals surface area contributed by atoms with Gasteiger partial charge < -0.3 is 5.32 Å². The number of nitrogens with zero attached hydrogens (tertiary/aromatic N) is 1. The molecule has 2 aromatic rings. The molecule has 1 N–H and O–H groups in total. The van der Waals surface area contributed by atoms with Gasteiger partial charge >= 0.3 is 0 Å². The van der Waals surface area contributed by atoms with Gasteiger partial charge in [-0.1, -0.05) is 11.6 Å². The van der Waals surface area contributed by atoms with E-state index in [0.717, 1.165) is 0 Å². The Morgan fingerprint density at radius 1 is 1.42 bits per heavy atom. The third-order valence-electron chi connectivity index (χ3n) is 2.83. The molecule has 1 aromatic heterocycles. The first kappa shape index (κ1) is 13.8. The van der Waals surface area contributed by atoms with E-state index in [1.54, 1.807) is 17.4 Å². The van der Waals surface area contributed by atoms with Crippen LogP contribution in [0.5, 0.6) is 0 Å². The van der Waals surface area contributed by atoms with Crippen LogP contribution in [-0.4, -0.2) is 4.92 Å². The highest BCUT2D eigenvalue weighted by atomic mass is 35.5. The molecule has 1 unspecified atom stereocenters. The van der Waals surface area contributed by atoms with E-state index in [4.69, 9.17) is 11.6 Å². The largest absolute Gasteiger partial charge is 0.376 e. The summed E-state index contributed by atoms with van der Waals surface area (Å²) in [7, 11) is 0. The van der Waals surface area contributed by atoms with E-state index in [9.17, 15) is 10.1 Å². The van der Waals surface area contributed by atoms with Crippen molar-refractivity contribution in [2.24, 2.45) is 0 Å². The second kappa shape index (κ2) is 5.59. The molecule has 0 aliphatic rings. The Kier molecular flexibility index (Phi) is 4.07. The average Bonchev–Trinajstić information content (AvgIpc) is 2.77. The summed E-state index contributed by atoms with van der Waals surface area (Å²) in [5, 5.41) is 16.3. The number of hydrogen-bond donors (Lipinski definition) is 1. The Morgan fingerprint density at radius 3 is 2.68 bits per heavy atom. The Hall–Kier alpha value is -1.59. The van der Waals surface area contributed by atoms with Gasteiger partial charge in [-0.2, -0.15) is 0 Å². The van der Waals surface area contributed by atoms with E-state index in [1.807, 2.05) is 12.3 Å². The minimum absolute atomic E-state index is 0.00416. The van der Waals surface area contributed by atoms with Crippen molar-refractivity contribution >= 4 is 34.3 Å².